The highest BCUT2D eigenvalue weighted by Gasteiger charge is 2.29. The fourth-order valence-corrected chi connectivity index (χ4v) is 3.37. The Balaban J connectivity index is 1.74. The summed E-state index contributed by atoms with van der Waals surface area (Å²) < 4.78 is 7.55. The first-order valence-corrected chi connectivity index (χ1v) is 9.34. The second kappa shape index (κ2) is 6.90. The summed E-state index contributed by atoms with van der Waals surface area (Å²) in [6, 6.07) is 10.2. The molecular formula is C20H26N6O. The standard InChI is InChI=1S/C20H26N6O/c1-20(2,3)17-15(13-26(23-17)14-8-6-5-7-9-14)19-22-18(24-27-19)16-12-21-10-11-25(16)4/h5-9,13,16,21H,10-12H2,1-4H3. The Bertz CT molecular complexity index is 908. The predicted molar refractivity (Wildman–Crippen MR) is 104 cm³/mol. The van der Waals surface area contributed by atoms with Crippen molar-refractivity contribution in [1.29, 1.82) is 0 Å². The van der Waals surface area contributed by atoms with Crippen molar-refractivity contribution in [2.45, 2.75) is 32.2 Å². The Hall–Kier alpha value is -2.51. The first-order valence-electron chi connectivity index (χ1n) is 9.34. The van der Waals surface area contributed by atoms with Crippen LogP contribution < -0.4 is 5.32 Å². The molecule has 1 unspecified atom stereocenters. The van der Waals surface area contributed by atoms with Gasteiger partial charge < -0.3 is 9.84 Å². The number of nitrogens with zero attached hydrogens (tertiary/aromatic N) is 5. The van der Waals surface area contributed by atoms with E-state index in [4.69, 9.17) is 14.6 Å². The molecule has 2 aromatic heterocycles. The fraction of sp³-hybridized carbons (Fsp3) is 0.450. The molecule has 0 radical (unpaired) electrons. The SMILES string of the molecule is CN1CCNCC1c1noc(-c2cn(-c3ccccc3)nc2C(C)(C)C)n1. The number of hydrogen-bond donors (Lipinski definition) is 1. The molecule has 3 aromatic rings. The molecule has 1 saturated heterocycles. The van der Waals surface area contributed by atoms with Gasteiger partial charge in [-0.2, -0.15) is 10.1 Å². The van der Waals surface area contributed by atoms with Crippen molar-refractivity contribution in [3.05, 3.63) is 48.0 Å². The Morgan fingerprint density at radius 3 is 2.67 bits per heavy atom. The highest BCUT2D eigenvalue weighted by molar-refractivity contribution is 5.58. The van der Waals surface area contributed by atoms with Gasteiger partial charge in [0.2, 0.25) is 0 Å². The average molecular weight is 366 g/mol. The molecule has 1 aliphatic rings. The smallest absolute Gasteiger partial charge is 0.261 e. The molecule has 0 saturated carbocycles. The summed E-state index contributed by atoms with van der Waals surface area (Å²) in [6.45, 7) is 9.20. The molecule has 4 rings (SSSR count). The van der Waals surface area contributed by atoms with Gasteiger partial charge in [0.1, 0.15) is 0 Å². The zero-order valence-electron chi connectivity index (χ0n) is 16.3. The molecular weight excluding hydrogens is 340 g/mol. The van der Waals surface area contributed by atoms with Gasteiger partial charge in [-0.3, -0.25) is 4.90 Å². The summed E-state index contributed by atoms with van der Waals surface area (Å²) in [6.07, 6.45) is 1.98. The van der Waals surface area contributed by atoms with E-state index in [1.54, 1.807) is 0 Å². The number of likely N-dealkylation sites (N-methyl/N-ethyl adjacent to an activating group) is 1. The summed E-state index contributed by atoms with van der Waals surface area (Å²) in [7, 11) is 2.09. The normalized spacial score (nSPS) is 18.7. The van der Waals surface area contributed by atoms with Crippen LogP contribution in [0.3, 0.4) is 0 Å². The maximum Gasteiger partial charge on any atom is 0.261 e. The number of hydrogen-bond acceptors (Lipinski definition) is 6. The van der Waals surface area contributed by atoms with Gasteiger partial charge in [0.15, 0.2) is 5.82 Å². The summed E-state index contributed by atoms with van der Waals surface area (Å²) >= 11 is 0. The topological polar surface area (TPSA) is 72.0 Å². The van der Waals surface area contributed by atoms with E-state index >= 15 is 0 Å². The van der Waals surface area contributed by atoms with Crippen molar-refractivity contribution < 1.29 is 4.52 Å². The molecule has 1 N–H and O–H groups in total. The van der Waals surface area contributed by atoms with Crippen molar-refractivity contribution in [3.8, 4) is 17.1 Å². The van der Waals surface area contributed by atoms with Gasteiger partial charge in [-0.25, -0.2) is 4.68 Å². The zero-order chi connectivity index (χ0) is 19.0. The summed E-state index contributed by atoms with van der Waals surface area (Å²) in [5, 5.41) is 12.5. The third-order valence-electron chi connectivity index (χ3n) is 4.93. The molecule has 7 nitrogen and oxygen atoms in total. The Morgan fingerprint density at radius 1 is 1.19 bits per heavy atom. The quantitative estimate of drug-likeness (QED) is 0.768. The predicted octanol–water partition coefficient (Wildman–Crippen LogP) is 2.80. The van der Waals surface area contributed by atoms with Crippen molar-refractivity contribution in [2.24, 2.45) is 0 Å². The minimum absolute atomic E-state index is 0.124. The van der Waals surface area contributed by atoms with Gasteiger partial charge in [0, 0.05) is 31.2 Å². The number of benzene rings is 1. The first-order chi connectivity index (χ1) is 12.9. The van der Waals surface area contributed by atoms with Crippen LogP contribution in [0.4, 0.5) is 0 Å². The molecule has 0 spiro atoms. The van der Waals surface area contributed by atoms with Crippen LogP contribution in [0.5, 0.6) is 0 Å². The monoisotopic (exact) mass is 366 g/mol. The zero-order valence-corrected chi connectivity index (χ0v) is 16.3. The first kappa shape index (κ1) is 17.9. The van der Waals surface area contributed by atoms with Crippen LogP contribution in [-0.2, 0) is 5.41 Å². The minimum atomic E-state index is -0.146. The maximum atomic E-state index is 5.67. The van der Waals surface area contributed by atoms with Gasteiger partial charge in [-0.1, -0.05) is 44.1 Å². The third kappa shape index (κ3) is 3.52. The maximum absolute atomic E-state index is 5.67. The Morgan fingerprint density at radius 2 is 1.96 bits per heavy atom. The number of aromatic nitrogens is 4. The second-order valence-corrected chi connectivity index (χ2v) is 8.08. The second-order valence-electron chi connectivity index (χ2n) is 8.08. The fourth-order valence-electron chi connectivity index (χ4n) is 3.37. The van der Waals surface area contributed by atoms with E-state index in [9.17, 15) is 0 Å². The number of para-hydroxylation sites is 1. The van der Waals surface area contributed by atoms with Crippen molar-refractivity contribution >= 4 is 0 Å². The molecule has 142 valence electrons. The van der Waals surface area contributed by atoms with Gasteiger partial charge in [0.25, 0.3) is 5.89 Å². The van der Waals surface area contributed by atoms with E-state index in [1.807, 2.05) is 41.2 Å². The van der Waals surface area contributed by atoms with Crippen LogP contribution in [0.1, 0.15) is 38.3 Å². The minimum Gasteiger partial charge on any atom is -0.334 e. The lowest BCUT2D eigenvalue weighted by atomic mass is 9.89. The van der Waals surface area contributed by atoms with E-state index < -0.39 is 0 Å². The van der Waals surface area contributed by atoms with Crippen molar-refractivity contribution in [1.82, 2.24) is 30.1 Å². The molecule has 0 aliphatic carbocycles. The molecule has 7 heteroatoms. The number of nitrogens with one attached hydrogen (secondary N) is 1. The van der Waals surface area contributed by atoms with E-state index in [-0.39, 0.29) is 11.5 Å². The highest BCUT2D eigenvalue weighted by Crippen LogP contribution is 2.33. The molecule has 1 fully saturated rings. The Labute approximate surface area is 159 Å². The molecule has 27 heavy (non-hydrogen) atoms. The lowest BCUT2D eigenvalue weighted by molar-refractivity contribution is 0.190. The van der Waals surface area contributed by atoms with E-state index in [2.05, 4.69) is 43.2 Å². The van der Waals surface area contributed by atoms with Crippen LogP contribution in [0, 0.1) is 0 Å². The van der Waals surface area contributed by atoms with E-state index in [1.165, 1.54) is 0 Å². The average Bonchev–Trinajstić information content (AvgIpc) is 3.30. The van der Waals surface area contributed by atoms with E-state index in [0.717, 1.165) is 36.6 Å². The third-order valence-corrected chi connectivity index (χ3v) is 4.93. The van der Waals surface area contributed by atoms with Crippen molar-refractivity contribution in [3.63, 3.8) is 0 Å². The van der Waals surface area contributed by atoms with Crippen LogP contribution >= 0.6 is 0 Å². The molecule has 3 heterocycles. The molecule has 1 atom stereocenters. The Kier molecular flexibility index (Phi) is 4.57. The highest BCUT2D eigenvalue weighted by atomic mass is 16.5. The molecule has 1 aliphatic heterocycles. The van der Waals surface area contributed by atoms with Gasteiger partial charge in [-0.05, 0) is 19.2 Å². The van der Waals surface area contributed by atoms with Crippen LogP contribution in [0.15, 0.2) is 41.1 Å². The van der Waals surface area contributed by atoms with Crippen LogP contribution in [0.2, 0.25) is 0 Å². The molecule has 1 aromatic carbocycles. The lowest BCUT2D eigenvalue weighted by Crippen LogP contribution is -2.44. The van der Waals surface area contributed by atoms with Gasteiger partial charge in [-0.15, -0.1) is 0 Å². The van der Waals surface area contributed by atoms with E-state index in [0.29, 0.717) is 11.7 Å². The number of rotatable bonds is 3. The summed E-state index contributed by atoms with van der Waals surface area (Å²) in [5.41, 5.74) is 2.69. The van der Waals surface area contributed by atoms with Gasteiger partial charge >= 0.3 is 0 Å². The number of piperazine rings is 1. The van der Waals surface area contributed by atoms with Gasteiger partial charge in [0.05, 0.1) is 23.0 Å². The molecule has 0 bridgehead atoms. The summed E-state index contributed by atoms with van der Waals surface area (Å²) in [5.74, 6) is 1.24. The van der Waals surface area contributed by atoms with Crippen molar-refractivity contribution in [2.75, 3.05) is 26.7 Å². The molecule has 0 amide bonds. The van der Waals surface area contributed by atoms with Crippen LogP contribution in [0.25, 0.3) is 17.1 Å². The lowest BCUT2D eigenvalue weighted by Gasteiger charge is -2.30. The largest absolute Gasteiger partial charge is 0.334 e. The van der Waals surface area contributed by atoms with Crippen LogP contribution in [-0.4, -0.2) is 51.5 Å². The summed E-state index contributed by atoms with van der Waals surface area (Å²) in [4.78, 5) is 6.98.